The smallest absolute Gasteiger partial charge is 0.335 e. The van der Waals surface area contributed by atoms with Crippen LogP contribution in [0.5, 0.6) is 11.5 Å². The van der Waals surface area contributed by atoms with Crippen molar-refractivity contribution < 1.29 is 39.2 Å². The lowest BCUT2D eigenvalue weighted by molar-refractivity contribution is -0.149. The fourth-order valence-electron chi connectivity index (χ4n) is 3.23. The Bertz CT molecular complexity index is 763. The molecule has 0 aromatic heterocycles. The number of carbonyl (C=O) groups excluding carboxylic acids is 3. The highest BCUT2D eigenvalue weighted by Gasteiger charge is 2.26. The number of thioether (sulfide) groups is 1. The quantitative estimate of drug-likeness (QED) is 0.618. The standard InChI is InChI=1S/C20H26O8S/c1-11-4-3-5-14(29-10-17(24)20(26)27-2)9-16(23)19-12(7-18(25)28-11)6-13(21)8-15(19)22/h6,8,11,14,17,21-22,24H,3-5,7,9-10H2,1-2H3/t11-,14-,17+/m0/s1. The highest BCUT2D eigenvalue weighted by molar-refractivity contribution is 8.00. The summed E-state index contributed by atoms with van der Waals surface area (Å²) in [5, 5.41) is 29.6. The van der Waals surface area contributed by atoms with E-state index < -0.39 is 23.8 Å². The highest BCUT2D eigenvalue weighted by atomic mass is 32.2. The number of esters is 2. The normalized spacial score (nSPS) is 21.9. The van der Waals surface area contributed by atoms with Gasteiger partial charge in [0, 0.05) is 23.5 Å². The van der Waals surface area contributed by atoms with Crippen molar-refractivity contribution in [2.24, 2.45) is 0 Å². The average Bonchev–Trinajstić information content (AvgIpc) is 2.63. The van der Waals surface area contributed by atoms with Gasteiger partial charge in [0.1, 0.15) is 11.5 Å². The van der Waals surface area contributed by atoms with E-state index in [0.29, 0.717) is 19.3 Å². The Balaban J connectivity index is 2.27. The summed E-state index contributed by atoms with van der Waals surface area (Å²) < 4.78 is 9.86. The molecule has 3 N–H and O–H groups in total. The van der Waals surface area contributed by atoms with E-state index >= 15 is 0 Å². The molecule has 0 fully saturated rings. The van der Waals surface area contributed by atoms with E-state index in [1.807, 2.05) is 0 Å². The largest absolute Gasteiger partial charge is 0.508 e. The number of phenolic OH excluding ortho intramolecular Hbond substituents is 2. The first-order valence-electron chi connectivity index (χ1n) is 9.36. The summed E-state index contributed by atoms with van der Waals surface area (Å²) >= 11 is 1.28. The van der Waals surface area contributed by atoms with Gasteiger partial charge in [0.25, 0.3) is 0 Å². The van der Waals surface area contributed by atoms with E-state index in [9.17, 15) is 29.7 Å². The number of aliphatic hydroxyl groups excluding tert-OH is 1. The molecular weight excluding hydrogens is 400 g/mol. The second kappa shape index (κ2) is 10.5. The third kappa shape index (κ3) is 6.64. The molecule has 0 bridgehead atoms. The molecule has 0 spiro atoms. The lowest BCUT2D eigenvalue weighted by Gasteiger charge is -2.21. The van der Waals surface area contributed by atoms with Gasteiger partial charge in [-0.2, -0.15) is 11.8 Å². The topological polar surface area (TPSA) is 130 Å². The molecule has 0 amide bonds. The molecule has 9 heteroatoms. The van der Waals surface area contributed by atoms with Crippen molar-refractivity contribution in [3.8, 4) is 11.5 Å². The molecule has 0 saturated carbocycles. The van der Waals surface area contributed by atoms with E-state index in [1.165, 1.54) is 24.9 Å². The number of fused-ring (bicyclic) bond motifs is 1. The molecule has 0 radical (unpaired) electrons. The number of cyclic esters (lactones) is 1. The molecule has 8 nitrogen and oxygen atoms in total. The van der Waals surface area contributed by atoms with Gasteiger partial charge in [-0.25, -0.2) is 4.79 Å². The summed E-state index contributed by atoms with van der Waals surface area (Å²) in [6.07, 6.45) is 0.0776. The molecule has 1 heterocycles. The van der Waals surface area contributed by atoms with Crippen LogP contribution in [0.4, 0.5) is 0 Å². The number of hydrogen-bond acceptors (Lipinski definition) is 9. The lowest BCUT2D eigenvalue weighted by Crippen LogP contribution is -2.26. The van der Waals surface area contributed by atoms with Crippen LogP contribution in [0, 0.1) is 0 Å². The maximum Gasteiger partial charge on any atom is 0.335 e. The first-order chi connectivity index (χ1) is 13.7. The summed E-state index contributed by atoms with van der Waals surface area (Å²) in [4.78, 5) is 36.5. The summed E-state index contributed by atoms with van der Waals surface area (Å²) in [6.45, 7) is 1.78. The SMILES string of the molecule is COC(=O)[C@H](O)CS[C@H]1CCC[C@H](C)OC(=O)Cc2cc(O)cc(O)c2C(=O)C1. The minimum absolute atomic E-state index is 0.0212. The van der Waals surface area contributed by atoms with Gasteiger partial charge in [-0.1, -0.05) is 0 Å². The summed E-state index contributed by atoms with van der Waals surface area (Å²) in [5.74, 6) is -2.25. The Morgan fingerprint density at radius 3 is 2.72 bits per heavy atom. The van der Waals surface area contributed by atoms with E-state index in [2.05, 4.69) is 4.74 Å². The molecule has 1 aromatic carbocycles. The zero-order chi connectivity index (χ0) is 21.6. The van der Waals surface area contributed by atoms with E-state index in [1.54, 1.807) is 6.92 Å². The monoisotopic (exact) mass is 426 g/mol. The molecule has 3 atom stereocenters. The molecule has 2 rings (SSSR count). The van der Waals surface area contributed by atoms with Gasteiger partial charge in [-0.3, -0.25) is 9.59 Å². The van der Waals surface area contributed by atoms with E-state index in [0.717, 1.165) is 6.07 Å². The molecule has 0 saturated heterocycles. The number of hydrogen-bond donors (Lipinski definition) is 3. The predicted molar refractivity (Wildman–Crippen MR) is 106 cm³/mol. The summed E-state index contributed by atoms with van der Waals surface area (Å²) in [5.41, 5.74) is 0.177. The number of rotatable bonds is 4. The third-order valence-electron chi connectivity index (χ3n) is 4.64. The summed E-state index contributed by atoms with van der Waals surface area (Å²) in [6, 6.07) is 2.33. The Morgan fingerprint density at radius 1 is 1.31 bits per heavy atom. The molecule has 1 aliphatic rings. The van der Waals surface area contributed by atoms with Crippen LogP contribution in [-0.2, 0) is 25.5 Å². The molecule has 29 heavy (non-hydrogen) atoms. The second-order valence-electron chi connectivity index (χ2n) is 7.03. The van der Waals surface area contributed by atoms with Crippen molar-refractivity contribution >= 4 is 29.5 Å². The fourth-order valence-corrected chi connectivity index (χ4v) is 4.42. The van der Waals surface area contributed by atoms with Gasteiger partial charge in [-0.15, -0.1) is 0 Å². The second-order valence-corrected chi connectivity index (χ2v) is 8.36. The van der Waals surface area contributed by atoms with Crippen molar-refractivity contribution in [3.63, 3.8) is 0 Å². The van der Waals surface area contributed by atoms with Crippen LogP contribution in [0.1, 0.15) is 48.5 Å². The Hall–Kier alpha value is -2.26. The number of ether oxygens (including phenoxy) is 2. The predicted octanol–water partition coefficient (Wildman–Crippen LogP) is 1.96. The van der Waals surface area contributed by atoms with Crippen LogP contribution in [0.15, 0.2) is 12.1 Å². The Labute approximate surface area is 173 Å². The van der Waals surface area contributed by atoms with E-state index in [-0.39, 0.29) is 52.6 Å². The molecule has 0 aliphatic carbocycles. The van der Waals surface area contributed by atoms with Crippen LogP contribution >= 0.6 is 11.8 Å². The molecular formula is C20H26O8S. The van der Waals surface area contributed by atoms with Gasteiger partial charge >= 0.3 is 11.9 Å². The number of ketones is 1. The van der Waals surface area contributed by atoms with Crippen LogP contribution in [0.2, 0.25) is 0 Å². The van der Waals surface area contributed by atoms with Crippen LogP contribution in [0.3, 0.4) is 0 Å². The van der Waals surface area contributed by atoms with Gasteiger partial charge in [-0.05, 0) is 37.8 Å². The minimum Gasteiger partial charge on any atom is -0.508 e. The number of aliphatic hydroxyl groups is 1. The third-order valence-corrected chi connectivity index (χ3v) is 6.03. The summed E-state index contributed by atoms with van der Waals surface area (Å²) in [7, 11) is 1.19. The number of Topliss-reactive ketones (excluding diaryl/α,β-unsaturated/α-hetero) is 1. The van der Waals surface area contributed by atoms with Crippen molar-refractivity contribution in [3.05, 3.63) is 23.3 Å². The first kappa shape index (κ1) is 23.0. The van der Waals surface area contributed by atoms with Gasteiger partial charge in [0.05, 0.1) is 25.2 Å². The Kier molecular flexibility index (Phi) is 8.33. The number of methoxy groups -OCH3 is 1. The fraction of sp³-hybridized carbons (Fsp3) is 0.550. The maximum absolute atomic E-state index is 12.9. The van der Waals surface area contributed by atoms with Gasteiger partial charge in [0.15, 0.2) is 11.9 Å². The molecule has 1 aromatic rings. The highest BCUT2D eigenvalue weighted by Crippen LogP contribution is 2.32. The minimum atomic E-state index is -1.29. The van der Waals surface area contributed by atoms with Crippen LogP contribution < -0.4 is 0 Å². The zero-order valence-electron chi connectivity index (χ0n) is 16.4. The first-order valence-corrected chi connectivity index (χ1v) is 10.4. The van der Waals surface area contributed by atoms with E-state index in [4.69, 9.17) is 4.74 Å². The molecule has 0 unspecified atom stereocenters. The number of benzene rings is 1. The van der Waals surface area contributed by atoms with Crippen LogP contribution in [-0.4, -0.2) is 63.4 Å². The number of carbonyl (C=O) groups is 3. The number of aromatic hydroxyl groups is 2. The average molecular weight is 426 g/mol. The van der Waals surface area contributed by atoms with Crippen LogP contribution in [0.25, 0.3) is 0 Å². The van der Waals surface area contributed by atoms with Gasteiger partial charge < -0.3 is 24.8 Å². The Morgan fingerprint density at radius 2 is 2.03 bits per heavy atom. The number of phenols is 2. The maximum atomic E-state index is 12.9. The lowest BCUT2D eigenvalue weighted by atomic mass is 9.95. The van der Waals surface area contributed by atoms with Crippen molar-refractivity contribution in [2.75, 3.05) is 12.9 Å². The molecule has 160 valence electrons. The van der Waals surface area contributed by atoms with Crippen molar-refractivity contribution in [2.45, 2.75) is 56.5 Å². The molecule has 1 aliphatic heterocycles. The van der Waals surface area contributed by atoms with Crippen molar-refractivity contribution in [1.29, 1.82) is 0 Å². The zero-order valence-corrected chi connectivity index (χ0v) is 17.2. The van der Waals surface area contributed by atoms with Gasteiger partial charge in [0.2, 0.25) is 0 Å². The van der Waals surface area contributed by atoms with Crippen molar-refractivity contribution in [1.82, 2.24) is 0 Å².